The van der Waals surface area contributed by atoms with Gasteiger partial charge in [0, 0.05) is 18.2 Å². The lowest BCUT2D eigenvalue weighted by Crippen LogP contribution is -2.46. The van der Waals surface area contributed by atoms with Crippen LogP contribution in [0.4, 0.5) is 10.5 Å². The van der Waals surface area contributed by atoms with E-state index in [1.165, 1.54) is 0 Å². The Hall–Kier alpha value is -1.46. The number of rotatable bonds is 5. The van der Waals surface area contributed by atoms with Gasteiger partial charge in [0.2, 0.25) is 0 Å². The minimum absolute atomic E-state index is 0.0105. The van der Waals surface area contributed by atoms with Crippen molar-refractivity contribution in [3.8, 4) is 5.75 Å². The summed E-state index contributed by atoms with van der Waals surface area (Å²) in [5.41, 5.74) is 0.0115. The van der Waals surface area contributed by atoms with E-state index in [9.17, 15) is 4.79 Å². The molecule has 0 saturated heterocycles. The maximum Gasteiger partial charge on any atom is 0.319 e. The number of benzene rings is 1. The van der Waals surface area contributed by atoms with Crippen molar-refractivity contribution in [2.24, 2.45) is 0 Å². The van der Waals surface area contributed by atoms with Crippen LogP contribution in [-0.4, -0.2) is 30.4 Å². The van der Waals surface area contributed by atoms with E-state index < -0.39 is 5.54 Å². The van der Waals surface area contributed by atoms with E-state index in [2.05, 4.69) is 10.6 Å². The SMILES string of the molecule is COc1ccc(NC(=O)NC(C)(C)CCO)c(Cl)c1. The van der Waals surface area contributed by atoms with Crippen molar-refractivity contribution in [3.63, 3.8) is 0 Å². The minimum atomic E-state index is -0.488. The largest absolute Gasteiger partial charge is 0.497 e. The van der Waals surface area contributed by atoms with Gasteiger partial charge in [-0.2, -0.15) is 0 Å². The normalized spacial score (nSPS) is 11.0. The van der Waals surface area contributed by atoms with Gasteiger partial charge in [0.1, 0.15) is 5.75 Å². The van der Waals surface area contributed by atoms with Gasteiger partial charge in [-0.1, -0.05) is 11.6 Å². The first-order valence-electron chi connectivity index (χ1n) is 5.91. The lowest BCUT2D eigenvalue weighted by Gasteiger charge is -2.25. The van der Waals surface area contributed by atoms with Crippen LogP contribution in [0.25, 0.3) is 0 Å². The van der Waals surface area contributed by atoms with E-state index in [0.717, 1.165) is 0 Å². The number of amides is 2. The van der Waals surface area contributed by atoms with Crippen molar-refractivity contribution in [1.82, 2.24) is 5.32 Å². The molecule has 0 heterocycles. The molecule has 0 aliphatic heterocycles. The summed E-state index contributed by atoms with van der Waals surface area (Å²) in [4.78, 5) is 11.8. The Balaban J connectivity index is 2.67. The Morgan fingerprint density at radius 3 is 2.68 bits per heavy atom. The molecule has 6 heteroatoms. The number of urea groups is 1. The predicted molar refractivity (Wildman–Crippen MR) is 75.9 cm³/mol. The second kappa shape index (κ2) is 6.63. The Morgan fingerprint density at radius 1 is 1.47 bits per heavy atom. The Kier molecular flexibility index (Phi) is 5.44. The number of aliphatic hydroxyl groups excluding tert-OH is 1. The Bertz CT molecular complexity index is 450. The third-order valence-electron chi connectivity index (χ3n) is 2.61. The van der Waals surface area contributed by atoms with Crippen molar-refractivity contribution < 1.29 is 14.6 Å². The summed E-state index contributed by atoms with van der Waals surface area (Å²) in [6.07, 6.45) is 0.469. The highest BCUT2D eigenvalue weighted by Gasteiger charge is 2.20. The number of hydrogen-bond acceptors (Lipinski definition) is 3. The molecule has 1 rings (SSSR count). The summed E-state index contributed by atoms with van der Waals surface area (Å²) in [7, 11) is 1.54. The van der Waals surface area contributed by atoms with E-state index in [0.29, 0.717) is 22.9 Å². The van der Waals surface area contributed by atoms with Crippen LogP contribution in [0.15, 0.2) is 18.2 Å². The molecule has 0 aliphatic rings. The third kappa shape index (κ3) is 4.96. The van der Waals surface area contributed by atoms with Gasteiger partial charge in [0.15, 0.2) is 0 Å². The van der Waals surface area contributed by atoms with Crippen LogP contribution in [0.3, 0.4) is 0 Å². The zero-order chi connectivity index (χ0) is 14.5. The molecule has 0 aliphatic carbocycles. The van der Waals surface area contributed by atoms with E-state index >= 15 is 0 Å². The number of carbonyl (C=O) groups is 1. The number of carbonyl (C=O) groups excluding carboxylic acids is 1. The molecule has 0 saturated carbocycles. The maximum absolute atomic E-state index is 11.8. The molecule has 0 fully saturated rings. The lowest BCUT2D eigenvalue weighted by atomic mass is 10.0. The van der Waals surface area contributed by atoms with Crippen LogP contribution >= 0.6 is 11.6 Å². The first-order chi connectivity index (χ1) is 8.88. The quantitative estimate of drug-likeness (QED) is 0.779. The molecule has 0 radical (unpaired) electrons. The summed E-state index contributed by atoms with van der Waals surface area (Å²) in [6.45, 7) is 3.67. The number of ether oxygens (including phenoxy) is 1. The number of hydrogen-bond donors (Lipinski definition) is 3. The molecular formula is C13H19ClN2O3. The molecule has 106 valence electrons. The summed E-state index contributed by atoms with van der Waals surface area (Å²) in [5.74, 6) is 0.622. The Labute approximate surface area is 117 Å². The molecule has 2 amide bonds. The third-order valence-corrected chi connectivity index (χ3v) is 2.93. The van der Waals surface area contributed by atoms with Crippen molar-refractivity contribution in [2.45, 2.75) is 25.8 Å². The van der Waals surface area contributed by atoms with Crippen LogP contribution in [0, 0.1) is 0 Å². The van der Waals surface area contributed by atoms with Crippen LogP contribution in [0.2, 0.25) is 5.02 Å². The second-order valence-electron chi connectivity index (χ2n) is 4.78. The van der Waals surface area contributed by atoms with Crippen molar-refractivity contribution in [3.05, 3.63) is 23.2 Å². The van der Waals surface area contributed by atoms with Crippen LogP contribution in [-0.2, 0) is 0 Å². The summed E-state index contributed by atoms with van der Waals surface area (Å²) in [6, 6.07) is 4.63. The van der Waals surface area contributed by atoms with Crippen molar-refractivity contribution in [1.29, 1.82) is 0 Å². The monoisotopic (exact) mass is 286 g/mol. The number of aliphatic hydroxyl groups is 1. The van der Waals surface area contributed by atoms with Crippen LogP contribution < -0.4 is 15.4 Å². The highest BCUT2D eigenvalue weighted by Crippen LogP contribution is 2.26. The fourth-order valence-electron chi connectivity index (χ4n) is 1.53. The molecule has 0 spiro atoms. The maximum atomic E-state index is 11.8. The number of anilines is 1. The van der Waals surface area contributed by atoms with Gasteiger partial charge >= 0.3 is 6.03 Å². The van der Waals surface area contributed by atoms with Gasteiger partial charge in [-0.15, -0.1) is 0 Å². The molecule has 0 atom stereocenters. The molecule has 1 aromatic rings. The molecule has 0 bridgehead atoms. The van der Waals surface area contributed by atoms with Crippen LogP contribution in [0.5, 0.6) is 5.75 Å². The average molecular weight is 287 g/mol. The predicted octanol–water partition coefficient (Wildman–Crippen LogP) is 2.63. The standard InChI is InChI=1S/C13H19ClN2O3/c1-13(2,6-7-17)16-12(18)15-11-5-4-9(19-3)8-10(11)14/h4-5,8,17H,6-7H2,1-3H3,(H2,15,16,18). The first kappa shape index (κ1) is 15.6. The van der Waals surface area contributed by atoms with Gasteiger partial charge < -0.3 is 20.5 Å². The van der Waals surface area contributed by atoms with Crippen molar-refractivity contribution >= 4 is 23.3 Å². The van der Waals surface area contributed by atoms with Gasteiger partial charge in [-0.3, -0.25) is 0 Å². The Morgan fingerprint density at radius 2 is 2.16 bits per heavy atom. The van der Waals surface area contributed by atoms with E-state index in [4.69, 9.17) is 21.4 Å². The number of methoxy groups -OCH3 is 1. The smallest absolute Gasteiger partial charge is 0.319 e. The van der Waals surface area contributed by atoms with Gasteiger partial charge in [-0.25, -0.2) is 4.79 Å². The fraction of sp³-hybridized carbons (Fsp3) is 0.462. The molecule has 3 N–H and O–H groups in total. The molecule has 0 unspecified atom stereocenters. The second-order valence-corrected chi connectivity index (χ2v) is 5.19. The minimum Gasteiger partial charge on any atom is -0.497 e. The van der Waals surface area contributed by atoms with E-state index in [-0.39, 0.29) is 12.6 Å². The first-order valence-corrected chi connectivity index (χ1v) is 6.29. The van der Waals surface area contributed by atoms with Gasteiger partial charge in [0.05, 0.1) is 17.8 Å². The lowest BCUT2D eigenvalue weighted by molar-refractivity contribution is 0.218. The van der Waals surface area contributed by atoms with E-state index in [1.54, 1.807) is 25.3 Å². The van der Waals surface area contributed by atoms with Gasteiger partial charge in [-0.05, 0) is 32.4 Å². The topological polar surface area (TPSA) is 70.6 Å². The molecule has 0 aromatic heterocycles. The zero-order valence-corrected chi connectivity index (χ0v) is 12.0. The molecule has 5 nitrogen and oxygen atoms in total. The number of halogens is 1. The zero-order valence-electron chi connectivity index (χ0n) is 11.3. The molecule has 1 aromatic carbocycles. The van der Waals surface area contributed by atoms with Gasteiger partial charge in [0.25, 0.3) is 0 Å². The highest BCUT2D eigenvalue weighted by molar-refractivity contribution is 6.33. The highest BCUT2D eigenvalue weighted by atomic mass is 35.5. The number of nitrogens with one attached hydrogen (secondary N) is 2. The van der Waals surface area contributed by atoms with E-state index in [1.807, 2.05) is 13.8 Å². The fourth-order valence-corrected chi connectivity index (χ4v) is 1.74. The summed E-state index contributed by atoms with van der Waals surface area (Å²) < 4.78 is 5.03. The molecular weight excluding hydrogens is 268 g/mol. The van der Waals surface area contributed by atoms with Crippen molar-refractivity contribution in [2.75, 3.05) is 19.0 Å². The molecule has 19 heavy (non-hydrogen) atoms. The average Bonchev–Trinajstić information content (AvgIpc) is 2.30. The summed E-state index contributed by atoms with van der Waals surface area (Å²) >= 11 is 6.02. The summed E-state index contributed by atoms with van der Waals surface area (Å²) in [5, 5.41) is 14.7. The van der Waals surface area contributed by atoms with Crippen LogP contribution in [0.1, 0.15) is 20.3 Å².